The molecule has 5 rings (SSSR count). The summed E-state index contributed by atoms with van der Waals surface area (Å²) in [5, 5.41) is 18.5. The maximum Gasteiger partial charge on any atom is 0.243 e. The maximum absolute atomic E-state index is 14.5. The number of aldehydes is 1. The van der Waals surface area contributed by atoms with Gasteiger partial charge in [0.05, 0.1) is 29.5 Å². The molecule has 9 atom stereocenters. The van der Waals surface area contributed by atoms with E-state index in [2.05, 4.69) is 47.9 Å². The highest BCUT2D eigenvalue weighted by Crippen LogP contribution is 2.32. The highest BCUT2D eigenvalue weighted by Gasteiger charge is 2.43. The minimum atomic E-state index is -1.02. The lowest BCUT2D eigenvalue weighted by Crippen LogP contribution is -2.61. The molecule has 5 amide bonds. The lowest BCUT2D eigenvalue weighted by Gasteiger charge is -2.31. The number of H-pyrrole nitrogens is 2. The summed E-state index contributed by atoms with van der Waals surface area (Å²) in [4.78, 5) is 88.0. The Morgan fingerprint density at radius 1 is 0.794 bits per heavy atom. The zero-order valence-corrected chi connectivity index (χ0v) is 39.0. The summed E-state index contributed by atoms with van der Waals surface area (Å²) in [6.07, 6.45) is 11.4. The molecule has 63 heavy (non-hydrogen) atoms. The summed E-state index contributed by atoms with van der Waals surface area (Å²) < 4.78 is 0. The summed E-state index contributed by atoms with van der Waals surface area (Å²) >= 11 is 1.51. The van der Waals surface area contributed by atoms with Gasteiger partial charge in [0.15, 0.2) is 0 Å². The van der Waals surface area contributed by atoms with Gasteiger partial charge in [0.2, 0.25) is 29.5 Å². The number of nitrogens with one attached hydrogen (secondary N) is 8. The molecule has 2 aromatic heterocycles. The molecule has 344 valence electrons. The fraction of sp³-hybridized carbons (Fsp3) is 0.574. The molecule has 3 heterocycles. The SMILES string of the molecule is CC(C)CC(N)C(=O)NC(C(=O)NC(Cc1c[nH]c2ccccc12)C(=O)NC(C(C)C)C1NC(C(=O)NC(C(=O)NC(C=O)Cc2c[nH]c3c2C=CCC3)C(C)C)C(C)S1)C(C)C. The molecule has 16 heteroatoms. The van der Waals surface area contributed by atoms with Crippen LogP contribution >= 0.6 is 11.8 Å². The molecule has 1 aliphatic carbocycles. The van der Waals surface area contributed by atoms with Gasteiger partial charge in [-0.1, -0.05) is 92.7 Å². The van der Waals surface area contributed by atoms with E-state index in [0.717, 1.165) is 52.4 Å². The predicted molar refractivity (Wildman–Crippen MR) is 249 cm³/mol. The smallest absolute Gasteiger partial charge is 0.243 e. The second-order valence-electron chi connectivity index (χ2n) is 18.6. The van der Waals surface area contributed by atoms with Gasteiger partial charge < -0.3 is 47.1 Å². The van der Waals surface area contributed by atoms with Crippen molar-refractivity contribution in [2.75, 3.05) is 0 Å². The molecular weight excluding hydrogens is 819 g/mol. The first-order valence-electron chi connectivity index (χ1n) is 22.4. The summed E-state index contributed by atoms with van der Waals surface area (Å²) in [6.45, 7) is 17.1. The van der Waals surface area contributed by atoms with Crippen LogP contribution in [0.5, 0.6) is 0 Å². The molecule has 1 aliphatic heterocycles. The van der Waals surface area contributed by atoms with Gasteiger partial charge in [0.25, 0.3) is 0 Å². The van der Waals surface area contributed by atoms with Crippen LogP contribution in [0.2, 0.25) is 0 Å². The number of hydrogen-bond donors (Lipinski definition) is 9. The minimum absolute atomic E-state index is 0.0989. The van der Waals surface area contributed by atoms with Crippen molar-refractivity contribution in [1.82, 2.24) is 41.9 Å². The molecule has 1 saturated heterocycles. The van der Waals surface area contributed by atoms with Crippen molar-refractivity contribution in [3.63, 3.8) is 0 Å². The molecular formula is C47H69N9O6S. The van der Waals surface area contributed by atoms with Crippen molar-refractivity contribution in [3.8, 4) is 0 Å². The van der Waals surface area contributed by atoms with Gasteiger partial charge in [0.1, 0.15) is 24.4 Å². The quantitative estimate of drug-likeness (QED) is 0.0711. The van der Waals surface area contributed by atoms with Gasteiger partial charge in [-0.2, -0.15) is 0 Å². The Bertz CT molecular complexity index is 2110. The van der Waals surface area contributed by atoms with Crippen LogP contribution in [0, 0.1) is 23.7 Å². The van der Waals surface area contributed by atoms with Gasteiger partial charge in [-0.05, 0) is 65.7 Å². The third-order valence-electron chi connectivity index (χ3n) is 12.0. The zero-order valence-electron chi connectivity index (χ0n) is 38.2. The zero-order chi connectivity index (χ0) is 46.1. The highest BCUT2D eigenvalue weighted by atomic mass is 32.2. The Balaban J connectivity index is 1.28. The molecule has 1 aromatic carbocycles. The van der Waals surface area contributed by atoms with Crippen LogP contribution < -0.4 is 37.6 Å². The van der Waals surface area contributed by atoms with E-state index in [-0.39, 0.29) is 41.2 Å². The number of allylic oxidation sites excluding steroid dienone is 1. The van der Waals surface area contributed by atoms with Crippen molar-refractivity contribution >= 4 is 64.6 Å². The van der Waals surface area contributed by atoms with E-state index < -0.39 is 71.3 Å². The van der Waals surface area contributed by atoms with E-state index in [1.807, 2.05) is 105 Å². The average molecular weight is 888 g/mol. The predicted octanol–water partition coefficient (Wildman–Crippen LogP) is 3.62. The Kier molecular flexibility index (Phi) is 17.2. The van der Waals surface area contributed by atoms with Crippen molar-refractivity contribution in [2.24, 2.45) is 29.4 Å². The first kappa shape index (κ1) is 49.1. The topological polar surface area (TPSA) is 232 Å². The van der Waals surface area contributed by atoms with Crippen LogP contribution in [0.1, 0.15) is 97.5 Å². The standard InChI is InChI=1S/C47H69N9O6S/c1-24(2)18-34(48)42(58)53-39(26(5)6)45(61)52-37(20-30-22-50-36-17-13-11-15-33(30)36)43(59)55-40(27(7)8)47-56-41(28(9)63-47)46(62)54-38(25(3)4)44(60)51-31(23-57)19-29-21-49-35-16-12-10-14-32(29)35/h10-11,13-15,17,21-28,31,34,37-41,47,49-50,56H,12,16,18-20,48H2,1-9H3,(H,51,60)(H,52,61)(H,53,58)(H,54,62)(H,55,59). The highest BCUT2D eigenvalue weighted by molar-refractivity contribution is 8.00. The van der Waals surface area contributed by atoms with Crippen LogP contribution in [0.3, 0.4) is 0 Å². The summed E-state index contributed by atoms with van der Waals surface area (Å²) in [7, 11) is 0. The van der Waals surface area contributed by atoms with Crippen LogP contribution in [0.4, 0.5) is 0 Å². The molecule has 9 unspecified atom stereocenters. The fourth-order valence-electron chi connectivity index (χ4n) is 8.35. The molecule has 10 N–H and O–H groups in total. The molecule has 0 saturated carbocycles. The van der Waals surface area contributed by atoms with Crippen molar-refractivity contribution < 1.29 is 28.8 Å². The van der Waals surface area contributed by atoms with Gasteiger partial charge in [0, 0.05) is 47.1 Å². The number of aryl methyl sites for hydroxylation is 1. The molecule has 0 radical (unpaired) electrons. The van der Waals surface area contributed by atoms with E-state index in [1.165, 1.54) is 11.8 Å². The third-order valence-corrected chi connectivity index (χ3v) is 13.4. The number of thioether (sulfide) groups is 1. The Morgan fingerprint density at radius 2 is 1.46 bits per heavy atom. The van der Waals surface area contributed by atoms with Crippen LogP contribution in [-0.2, 0) is 48.0 Å². The monoisotopic (exact) mass is 888 g/mol. The average Bonchev–Trinajstić information content (AvgIpc) is 3.96. The number of amides is 5. The lowest BCUT2D eigenvalue weighted by atomic mass is 9.97. The maximum atomic E-state index is 14.5. The summed E-state index contributed by atoms with van der Waals surface area (Å²) in [5.74, 6) is -2.66. The van der Waals surface area contributed by atoms with Gasteiger partial charge in [-0.15, -0.1) is 11.8 Å². The van der Waals surface area contributed by atoms with E-state index in [9.17, 15) is 28.8 Å². The molecule has 2 aliphatic rings. The molecule has 1 fully saturated rings. The molecule has 3 aromatic rings. The Hall–Kier alpha value is -4.93. The molecule has 15 nitrogen and oxygen atoms in total. The number of carbonyl (C=O) groups excluding carboxylic acids is 6. The van der Waals surface area contributed by atoms with Gasteiger partial charge in [-0.25, -0.2) is 0 Å². The van der Waals surface area contributed by atoms with Crippen molar-refractivity contribution in [2.45, 2.75) is 147 Å². The Morgan fingerprint density at radius 3 is 2.13 bits per heavy atom. The lowest BCUT2D eigenvalue weighted by molar-refractivity contribution is -0.133. The number of nitrogens with two attached hydrogens (primary N) is 1. The van der Waals surface area contributed by atoms with E-state index in [4.69, 9.17) is 5.73 Å². The number of benzene rings is 1. The van der Waals surface area contributed by atoms with E-state index in [0.29, 0.717) is 12.8 Å². The second kappa shape index (κ2) is 22.1. The number of para-hydroxylation sites is 1. The van der Waals surface area contributed by atoms with Crippen LogP contribution in [0.15, 0.2) is 42.7 Å². The number of carbonyl (C=O) groups is 6. The van der Waals surface area contributed by atoms with Gasteiger partial charge >= 0.3 is 0 Å². The summed E-state index contributed by atoms with van der Waals surface area (Å²) in [6, 6.07) is 2.10. The first-order chi connectivity index (χ1) is 29.9. The van der Waals surface area contributed by atoms with E-state index in [1.54, 1.807) is 0 Å². The van der Waals surface area contributed by atoms with Crippen LogP contribution in [0.25, 0.3) is 17.0 Å². The minimum Gasteiger partial charge on any atom is -0.364 e. The number of hydrogen-bond acceptors (Lipinski definition) is 9. The largest absolute Gasteiger partial charge is 0.364 e. The second-order valence-corrected chi connectivity index (χ2v) is 20.1. The first-order valence-corrected chi connectivity index (χ1v) is 23.4. The number of aromatic amines is 2. The molecule has 0 bridgehead atoms. The number of aromatic nitrogens is 2. The van der Waals surface area contributed by atoms with Gasteiger partial charge in [-0.3, -0.25) is 29.3 Å². The normalized spacial score (nSPS) is 20.2. The third kappa shape index (κ3) is 12.6. The molecule has 0 spiro atoms. The summed E-state index contributed by atoms with van der Waals surface area (Å²) in [5.41, 5.74) is 11.0. The fourth-order valence-corrected chi connectivity index (χ4v) is 9.95. The number of rotatable bonds is 21. The van der Waals surface area contributed by atoms with Crippen molar-refractivity contribution in [1.29, 1.82) is 0 Å². The van der Waals surface area contributed by atoms with Crippen molar-refractivity contribution in [3.05, 3.63) is 65.1 Å². The van der Waals surface area contributed by atoms with E-state index >= 15 is 0 Å². The van der Waals surface area contributed by atoms with Crippen LogP contribution in [-0.4, -0.2) is 98.7 Å². The number of fused-ring (bicyclic) bond motifs is 2. The Labute approximate surface area is 375 Å².